The van der Waals surface area contributed by atoms with Crippen molar-refractivity contribution in [1.29, 1.82) is 5.26 Å². The molecular formula is C10H16N2O3. The van der Waals surface area contributed by atoms with E-state index in [2.05, 4.69) is 11.4 Å². The fraction of sp³-hybridized carbons (Fsp3) is 0.700. The minimum absolute atomic E-state index is 0.00490. The van der Waals surface area contributed by atoms with Gasteiger partial charge in [-0.1, -0.05) is 0 Å². The van der Waals surface area contributed by atoms with Gasteiger partial charge in [-0.2, -0.15) is 5.26 Å². The van der Waals surface area contributed by atoms with Crippen molar-refractivity contribution in [2.75, 3.05) is 6.54 Å². The van der Waals surface area contributed by atoms with Gasteiger partial charge in [0, 0.05) is 19.4 Å². The van der Waals surface area contributed by atoms with Crippen LogP contribution in [-0.2, 0) is 9.59 Å². The highest BCUT2D eigenvalue weighted by Crippen LogP contribution is 2.10. The third-order valence-electron chi connectivity index (χ3n) is 1.82. The molecule has 0 unspecified atom stereocenters. The molecule has 0 aromatic heterocycles. The SMILES string of the molecule is CC(C)(C#N)CNC(=O)CCCC(=O)O. The molecule has 1 amide bonds. The standard InChI is InChI=1S/C10H16N2O3/c1-10(2,6-11)7-12-8(13)4-3-5-9(14)15/h3-5,7H2,1-2H3,(H,12,13)(H,14,15). The average Bonchev–Trinajstić information content (AvgIpc) is 2.14. The second-order valence-electron chi connectivity index (χ2n) is 4.02. The Morgan fingerprint density at radius 3 is 2.47 bits per heavy atom. The molecule has 0 fully saturated rings. The second kappa shape index (κ2) is 6.02. The summed E-state index contributed by atoms with van der Waals surface area (Å²) < 4.78 is 0. The molecule has 0 heterocycles. The van der Waals surface area contributed by atoms with Gasteiger partial charge in [0.15, 0.2) is 0 Å². The number of hydrogen-bond acceptors (Lipinski definition) is 3. The Bertz CT molecular complexity index is 279. The van der Waals surface area contributed by atoms with Gasteiger partial charge in [-0.25, -0.2) is 0 Å². The van der Waals surface area contributed by atoms with Crippen molar-refractivity contribution in [3.63, 3.8) is 0 Å². The molecule has 0 saturated carbocycles. The topological polar surface area (TPSA) is 90.2 Å². The molecule has 0 rings (SSSR count). The molecule has 0 aliphatic carbocycles. The monoisotopic (exact) mass is 212 g/mol. The minimum Gasteiger partial charge on any atom is -0.481 e. The lowest BCUT2D eigenvalue weighted by Crippen LogP contribution is -2.33. The molecule has 5 heteroatoms. The van der Waals surface area contributed by atoms with Crippen LogP contribution in [0.25, 0.3) is 0 Å². The average molecular weight is 212 g/mol. The number of amides is 1. The summed E-state index contributed by atoms with van der Waals surface area (Å²) in [5.74, 6) is -1.11. The van der Waals surface area contributed by atoms with Gasteiger partial charge in [0.2, 0.25) is 5.91 Å². The number of nitrogens with zero attached hydrogens (tertiary/aromatic N) is 1. The molecule has 0 aromatic rings. The first-order chi connectivity index (χ1) is 6.87. The van der Waals surface area contributed by atoms with Crippen molar-refractivity contribution < 1.29 is 14.7 Å². The first-order valence-electron chi connectivity index (χ1n) is 4.77. The van der Waals surface area contributed by atoms with Crippen LogP contribution in [-0.4, -0.2) is 23.5 Å². The van der Waals surface area contributed by atoms with Gasteiger partial charge in [-0.05, 0) is 20.3 Å². The van der Waals surface area contributed by atoms with Gasteiger partial charge in [0.25, 0.3) is 0 Å². The lowest BCUT2D eigenvalue weighted by molar-refractivity contribution is -0.137. The molecular weight excluding hydrogens is 196 g/mol. The number of carbonyl (C=O) groups excluding carboxylic acids is 1. The van der Waals surface area contributed by atoms with Crippen LogP contribution in [0.1, 0.15) is 33.1 Å². The normalized spacial score (nSPS) is 10.5. The summed E-state index contributed by atoms with van der Waals surface area (Å²) in [4.78, 5) is 21.3. The molecule has 84 valence electrons. The summed E-state index contributed by atoms with van der Waals surface area (Å²) in [5.41, 5.74) is -0.581. The Kier molecular flexibility index (Phi) is 5.39. The number of carboxylic acids is 1. The van der Waals surface area contributed by atoms with E-state index >= 15 is 0 Å². The molecule has 0 spiro atoms. The van der Waals surface area contributed by atoms with Gasteiger partial charge in [0.05, 0.1) is 11.5 Å². The number of nitrogens with one attached hydrogen (secondary N) is 1. The first kappa shape index (κ1) is 13.4. The van der Waals surface area contributed by atoms with Crippen LogP contribution in [0.2, 0.25) is 0 Å². The van der Waals surface area contributed by atoms with Gasteiger partial charge in [-0.15, -0.1) is 0 Å². The summed E-state index contributed by atoms with van der Waals surface area (Å²) in [7, 11) is 0. The van der Waals surface area contributed by atoms with Crippen LogP contribution >= 0.6 is 0 Å². The Labute approximate surface area is 89.1 Å². The van der Waals surface area contributed by atoms with Gasteiger partial charge in [-0.3, -0.25) is 9.59 Å². The number of aliphatic carboxylic acids is 1. The fourth-order valence-electron chi connectivity index (χ4n) is 0.848. The predicted octanol–water partition coefficient (Wildman–Crippen LogP) is 0.907. The van der Waals surface area contributed by atoms with E-state index in [-0.39, 0.29) is 25.3 Å². The minimum atomic E-state index is -0.903. The molecule has 0 aliphatic rings. The molecule has 5 nitrogen and oxygen atoms in total. The maximum atomic E-state index is 11.2. The van der Waals surface area contributed by atoms with Crippen molar-refractivity contribution in [1.82, 2.24) is 5.32 Å². The van der Waals surface area contributed by atoms with Crippen LogP contribution in [0.3, 0.4) is 0 Å². The van der Waals surface area contributed by atoms with Gasteiger partial charge in [0.1, 0.15) is 0 Å². The molecule has 0 atom stereocenters. The number of hydrogen-bond donors (Lipinski definition) is 2. The van der Waals surface area contributed by atoms with E-state index in [1.54, 1.807) is 13.8 Å². The van der Waals surface area contributed by atoms with E-state index in [9.17, 15) is 9.59 Å². The largest absolute Gasteiger partial charge is 0.481 e. The molecule has 0 aliphatic heterocycles. The quantitative estimate of drug-likeness (QED) is 0.684. The number of carbonyl (C=O) groups is 2. The Morgan fingerprint density at radius 1 is 1.40 bits per heavy atom. The molecule has 2 N–H and O–H groups in total. The highest BCUT2D eigenvalue weighted by Gasteiger charge is 2.17. The van der Waals surface area contributed by atoms with Gasteiger partial charge < -0.3 is 10.4 Å². The second-order valence-corrected chi connectivity index (χ2v) is 4.02. The smallest absolute Gasteiger partial charge is 0.303 e. The third kappa shape index (κ3) is 7.50. The van der Waals surface area contributed by atoms with E-state index in [0.717, 1.165) is 0 Å². The molecule has 15 heavy (non-hydrogen) atoms. The van der Waals surface area contributed by atoms with Crippen molar-refractivity contribution in [3.8, 4) is 6.07 Å². The summed E-state index contributed by atoms with van der Waals surface area (Å²) >= 11 is 0. The zero-order valence-corrected chi connectivity index (χ0v) is 9.04. The Balaban J connectivity index is 3.68. The highest BCUT2D eigenvalue weighted by atomic mass is 16.4. The van der Waals surface area contributed by atoms with Crippen LogP contribution < -0.4 is 5.32 Å². The lowest BCUT2D eigenvalue weighted by atomic mass is 9.96. The van der Waals surface area contributed by atoms with Crippen LogP contribution in [0.15, 0.2) is 0 Å². The van der Waals surface area contributed by atoms with Crippen molar-refractivity contribution in [2.45, 2.75) is 33.1 Å². The lowest BCUT2D eigenvalue weighted by Gasteiger charge is -2.15. The Morgan fingerprint density at radius 2 is 2.00 bits per heavy atom. The van der Waals surface area contributed by atoms with Crippen molar-refractivity contribution >= 4 is 11.9 Å². The van der Waals surface area contributed by atoms with E-state index in [4.69, 9.17) is 10.4 Å². The summed E-state index contributed by atoms with van der Waals surface area (Å²) in [6.07, 6.45) is 0.511. The summed E-state index contributed by atoms with van der Waals surface area (Å²) in [5, 5.41) is 19.6. The van der Waals surface area contributed by atoms with Crippen LogP contribution in [0.4, 0.5) is 0 Å². The molecule has 0 aromatic carbocycles. The highest BCUT2D eigenvalue weighted by molar-refractivity contribution is 5.76. The fourth-order valence-corrected chi connectivity index (χ4v) is 0.848. The van der Waals surface area contributed by atoms with E-state index in [1.807, 2.05) is 0 Å². The van der Waals surface area contributed by atoms with Crippen LogP contribution in [0, 0.1) is 16.7 Å². The molecule has 0 bridgehead atoms. The number of rotatable bonds is 6. The van der Waals surface area contributed by atoms with Gasteiger partial charge >= 0.3 is 5.97 Å². The summed E-state index contributed by atoms with van der Waals surface area (Å²) in [6, 6.07) is 2.06. The zero-order valence-electron chi connectivity index (χ0n) is 9.04. The third-order valence-corrected chi connectivity index (χ3v) is 1.82. The zero-order chi connectivity index (χ0) is 11.9. The number of carboxylic acid groups (broad SMARTS) is 1. The van der Waals surface area contributed by atoms with E-state index < -0.39 is 11.4 Å². The maximum Gasteiger partial charge on any atom is 0.303 e. The van der Waals surface area contributed by atoms with E-state index in [1.165, 1.54) is 0 Å². The van der Waals surface area contributed by atoms with E-state index in [0.29, 0.717) is 6.42 Å². The first-order valence-corrected chi connectivity index (χ1v) is 4.77. The maximum absolute atomic E-state index is 11.2. The summed E-state index contributed by atoms with van der Waals surface area (Å²) in [6.45, 7) is 3.74. The molecule has 0 saturated heterocycles. The van der Waals surface area contributed by atoms with Crippen LogP contribution in [0.5, 0.6) is 0 Å². The molecule has 0 radical (unpaired) electrons. The predicted molar refractivity (Wildman–Crippen MR) is 53.9 cm³/mol. The van der Waals surface area contributed by atoms with Crippen molar-refractivity contribution in [2.24, 2.45) is 5.41 Å². The Hall–Kier alpha value is -1.57. The van der Waals surface area contributed by atoms with Crippen molar-refractivity contribution in [3.05, 3.63) is 0 Å². The number of nitriles is 1.